The third-order valence-corrected chi connectivity index (χ3v) is 4.61. The number of ether oxygens (including phenoxy) is 2. The van der Waals surface area contributed by atoms with Crippen molar-refractivity contribution in [3.05, 3.63) is 102 Å². The van der Waals surface area contributed by atoms with Crippen molar-refractivity contribution in [3.8, 4) is 5.75 Å². The average Bonchev–Trinajstić information content (AvgIpc) is 2.76. The van der Waals surface area contributed by atoms with Gasteiger partial charge in [-0.1, -0.05) is 66.7 Å². The summed E-state index contributed by atoms with van der Waals surface area (Å²) in [5.74, 6) is 0.431. The molecule has 3 aromatic rings. The van der Waals surface area contributed by atoms with Gasteiger partial charge >= 0.3 is 5.97 Å². The molecule has 0 aliphatic heterocycles. The van der Waals surface area contributed by atoms with Crippen LogP contribution in [0, 0.1) is 5.92 Å². The van der Waals surface area contributed by atoms with Crippen molar-refractivity contribution >= 4 is 5.97 Å². The van der Waals surface area contributed by atoms with E-state index in [4.69, 9.17) is 9.47 Å². The fraction of sp³-hybridized carbons (Fsp3) is 0.240. The van der Waals surface area contributed by atoms with E-state index in [1.165, 1.54) is 0 Å². The van der Waals surface area contributed by atoms with Crippen LogP contribution in [0.3, 0.4) is 0 Å². The quantitative estimate of drug-likeness (QED) is 0.491. The van der Waals surface area contributed by atoms with Crippen molar-refractivity contribution in [2.24, 2.45) is 5.92 Å². The molecule has 0 amide bonds. The van der Waals surface area contributed by atoms with Gasteiger partial charge in [0.2, 0.25) is 0 Å². The Labute approximate surface area is 172 Å². The van der Waals surface area contributed by atoms with Crippen molar-refractivity contribution in [1.82, 2.24) is 4.90 Å². The Morgan fingerprint density at radius 3 is 1.97 bits per heavy atom. The predicted molar refractivity (Wildman–Crippen MR) is 115 cm³/mol. The van der Waals surface area contributed by atoms with Crippen LogP contribution in [0.5, 0.6) is 5.75 Å². The summed E-state index contributed by atoms with van der Waals surface area (Å²) in [4.78, 5) is 14.9. The number of carbonyl (C=O) groups excluding carboxylic acids is 1. The maximum atomic E-state index is 12.8. The summed E-state index contributed by atoms with van der Waals surface area (Å²) in [5, 5.41) is 0. The van der Waals surface area contributed by atoms with E-state index in [2.05, 4.69) is 4.90 Å². The van der Waals surface area contributed by atoms with Gasteiger partial charge in [0.1, 0.15) is 11.9 Å². The second-order valence-corrected chi connectivity index (χ2v) is 7.25. The first-order valence-electron chi connectivity index (χ1n) is 9.77. The topological polar surface area (TPSA) is 38.8 Å². The minimum atomic E-state index is -0.421. The number of esters is 1. The van der Waals surface area contributed by atoms with Gasteiger partial charge in [-0.3, -0.25) is 0 Å². The molecule has 0 aromatic heterocycles. The van der Waals surface area contributed by atoms with E-state index < -0.39 is 6.10 Å². The van der Waals surface area contributed by atoms with Gasteiger partial charge in [-0.2, -0.15) is 0 Å². The molecule has 0 bridgehead atoms. The number of hydrogen-bond acceptors (Lipinski definition) is 4. The maximum Gasteiger partial charge on any atom is 0.338 e. The molecular formula is C25H27NO3. The predicted octanol–water partition coefficient (Wildman–Crippen LogP) is 4.84. The summed E-state index contributed by atoms with van der Waals surface area (Å²) in [7, 11) is 4.02. The summed E-state index contributed by atoms with van der Waals surface area (Å²) in [6.07, 6.45) is -0.421. The van der Waals surface area contributed by atoms with E-state index in [0.717, 1.165) is 11.3 Å². The Morgan fingerprint density at radius 1 is 0.828 bits per heavy atom. The van der Waals surface area contributed by atoms with E-state index >= 15 is 0 Å². The number of carbonyl (C=O) groups is 1. The van der Waals surface area contributed by atoms with Crippen LogP contribution in [0.2, 0.25) is 0 Å². The first kappa shape index (κ1) is 20.6. The third kappa shape index (κ3) is 6.19. The highest BCUT2D eigenvalue weighted by Gasteiger charge is 2.29. The first-order valence-corrected chi connectivity index (χ1v) is 9.77. The van der Waals surface area contributed by atoms with E-state index in [1.54, 1.807) is 12.1 Å². The number of hydrogen-bond donors (Lipinski definition) is 0. The summed E-state index contributed by atoms with van der Waals surface area (Å²) < 4.78 is 12.1. The summed E-state index contributed by atoms with van der Waals surface area (Å²) in [5.41, 5.74) is 1.50. The smallest absolute Gasteiger partial charge is 0.338 e. The molecular weight excluding hydrogens is 362 g/mol. The van der Waals surface area contributed by atoms with Crippen molar-refractivity contribution in [1.29, 1.82) is 0 Å². The second-order valence-electron chi connectivity index (χ2n) is 7.25. The zero-order valence-corrected chi connectivity index (χ0v) is 16.9. The molecule has 3 rings (SSSR count). The lowest BCUT2D eigenvalue weighted by Gasteiger charge is -2.29. The molecule has 2 unspecified atom stereocenters. The summed E-state index contributed by atoms with van der Waals surface area (Å²) >= 11 is 0. The molecule has 0 radical (unpaired) electrons. The van der Waals surface area contributed by atoms with Crippen LogP contribution in [0.15, 0.2) is 91.0 Å². The number of rotatable bonds is 9. The van der Waals surface area contributed by atoms with Gasteiger partial charge in [-0.15, -0.1) is 0 Å². The average molecular weight is 389 g/mol. The Kier molecular flexibility index (Phi) is 7.42. The molecule has 0 aliphatic carbocycles. The van der Waals surface area contributed by atoms with Crippen LogP contribution < -0.4 is 4.74 Å². The Bertz CT molecular complexity index is 866. The lowest BCUT2D eigenvalue weighted by Crippen LogP contribution is -2.33. The fourth-order valence-electron chi connectivity index (χ4n) is 3.26. The number of para-hydroxylation sites is 1. The molecule has 0 heterocycles. The van der Waals surface area contributed by atoms with Gasteiger partial charge in [0.15, 0.2) is 0 Å². The maximum absolute atomic E-state index is 12.8. The van der Waals surface area contributed by atoms with Crippen LogP contribution in [0.1, 0.15) is 22.0 Å². The minimum absolute atomic E-state index is 0.0414. The molecule has 4 heteroatoms. The monoisotopic (exact) mass is 389 g/mol. The molecule has 0 aliphatic rings. The van der Waals surface area contributed by atoms with Gasteiger partial charge in [-0.05, 0) is 43.9 Å². The Balaban J connectivity index is 1.84. The molecule has 2 atom stereocenters. The third-order valence-electron chi connectivity index (χ3n) is 4.61. The number of nitrogens with zero attached hydrogens (tertiary/aromatic N) is 1. The molecule has 4 nitrogen and oxygen atoms in total. The molecule has 0 saturated heterocycles. The highest BCUT2D eigenvalue weighted by atomic mass is 16.5. The van der Waals surface area contributed by atoms with Crippen molar-refractivity contribution in [3.63, 3.8) is 0 Å². The molecule has 0 fully saturated rings. The first-order chi connectivity index (χ1) is 14.1. The second kappa shape index (κ2) is 10.4. The van der Waals surface area contributed by atoms with Gasteiger partial charge in [0, 0.05) is 12.5 Å². The highest BCUT2D eigenvalue weighted by Crippen LogP contribution is 2.29. The van der Waals surface area contributed by atoms with Crippen LogP contribution in [-0.2, 0) is 4.74 Å². The van der Waals surface area contributed by atoms with Crippen LogP contribution in [0.4, 0.5) is 0 Å². The standard InChI is InChI=1S/C25H27NO3/c1-26(2)18-22(19-28-23-16-10-5-11-17-23)24(20-12-6-3-7-13-20)29-25(27)21-14-8-4-9-15-21/h3-17,22,24H,18-19H2,1-2H3. The molecule has 0 spiro atoms. The largest absolute Gasteiger partial charge is 0.493 e. The lowest BCUT2D eigenvalue weighted by molar-refractivity contribution is -0.0000499. The summed E-state index contributed by atoms with van der Waals surface area (Å²) in [6, 6.07) is 28.7. The fourth-order valence-corrected chi connectivity index (χ4v) is 3.26. The van der Waals surface area contributed by atoms with Gasteiger partial charge < -0.3 is 14.4 Å². The lowest BCUT2D eigenvalue weighted by atomic mass is 9.95. The van der Waals surface area contributed by atoms with E-state index in [1.807, 2.05) is 93.0 Å². The van der Waals surface area contributed by atoms with Crippen LogP contribution >= 0.6 is 0 Å². The Hall–Kier alpha value is -3.11. The van der Waals surface area contributed by atoms with Gasteiger partial charge in [0.25, 0.3) is 0 Å². The highest BCUT2D eigenvalue weighted by molar-refractivity contribution is 5.89. The zero-order valence-electron chi connectivity index (χ0n) is 16.9. The zero-order chi connectivity index (χ0) is 20.5. The molecule has 3 aromatic carbocycles. The SMILES string of the molecule is CN(C)CC(COc1ccccc1)C(OC(=O)c1ccccc1)c1ccccc1. The molecule has 0 saturated carbocycles. The normalized spacial score (nSPS) is 12.9. The molecule has 29 heavy (non-hydrogen) atoms. The molecule has 150 valence electrons. The molecule has 0 N–H and O–H groups in total. The summed E-state index contributed by atoms with van der Waals surface area (Å²) in [6.45, 7) is 1.15. The minimum Gasteiger partial charge on any atom is -0.493 e. The van der Waals surface area contributed by atoms with E-state index in [9.17, 15) is 4.79 Å². The van der Waals surface area contributed by atoms with Gasteiger partial charge in [0.05, 0.1) is 12.2 Å². The van der Waals surface area contributed by atoms with Crippen LogP contribution in [-0.4, -0.2) is 38.1 Å². The van der Waals surface area contributed by atoms with Crippen molar-refractivity contribution in [2.75, 3.05) is 27.2 Å². The van der Waals surface area contributed by atoms with Crippen molar-refractivity contribution < 1.29 is 14.3 Å². The Morgan fingerprint density at radius 2 is 1.38 bits per heavy atom. The van der Waals surface area contributed by atoms with Gasteiger partial charge in [-0.25, -0.2) is 4.79 Å². The van der Waals surface area contributed by atoms with Crippen LogP contribution in [0.25, 0.3) is 0 Å². The van der Waals surface area contributed by atoms with E-state index in [-0.39, 0.29) is 11.9 Å². The number of benzene rings is 3. The van der Waals surface area contributed by atoms with Crippen molar-refractivity contribution in [2.45, 2.75) is 6.10 Å². The van der Waals surface area contributed by atoms with E-state index in [0.29, 0.717) is 18.7 Å².